The minimum atomic E-state index is 0. The summed E-state index contributed by atoms with van der Waals surface area (Å²) in [4.78, 5) is 12.8. The maximum absolute atomic E-state index is 5.45. The highest BCUT2D eigenvalue weighted by Crippen LogP contribution is 2.17. The van der Waals surface area contributed by atoms with Crippen molar-refractivity contribution in [2.24, 2.45) is 10.9 Å². The molecule has 1 atom stereocenters. The van der Waals surface area contributed by atoms with Crippen LogP contribution in [0.2, 0.25) is 0 Å². The van der Waals surface area contributed by atoms with Crippen LogP contribution in [0.5, 0.6) is 0 Å². The Labute approximate surface area is 154 Å². The molecule has 0 bridgehead atoms. The SMILES string of the molecule is CCNC(=NCc1nc(C)c(C)s1)N(C)CC1CCOC1.I. The highest BCUT2D eigenvalue weighted by Gasteiger charge is 2.19. The Morgan fingerprint density at radius 2 is 2.27 bits per heavy atom. The number of guanidine groups is 1. The van der Waals surface area contributed by atoms with Gasteiger partial charge in [0, 0.05) is 37.5 Å². The molecule has 1 fully saturated rings. The molecule has 0 spiro atoms. The minimum absolute atomic E-state index is 0. The molecule has 1 aliphatic rings. The Morgan fingerprint density at radius 3 is 2.82 bits per heavy atom. The maximum Gasteiger partial charge on any atom is 0.194 e. The van der Waals surface area contributed by atoms with Gasteiger partial charge in [0.05, 0.1) is 18.8 Å². The first-order valence-corrected chi connectivity index (χ1v) is 8.42. The van der Waals surface area contributed by atoms with Crippen molar-refractivity contribution < 1.29 is 4.74 Å². The number of aliphatic imine (C=N–C) groups is 1. The van der Waals surface area contributed by atoms with Gasteiger partial charge in [-0.2, -0.15) is 0 Å². The van der Waals surface area contributed by atoms with Crippen molar-refractivity contribution in [1.29, 1.82) is 0 Å². The van der Waals surface area contributed by atoms with Crippen LogP contribution in [0.1, 0.15) is 28.9 Å². The van der Waals surface area contributed by atoms with Gasteiger partial charge in [-0.25, -0.2) is 9.98 Å². The molecule has 1 N–H and O–H groups in total. The van der Waals surface area contributed by atoms with Crippen molar-refractivity contribution in [1.82, 2.24) is 15.2 Å². The molecule has 0 aromatic carbocycles. The van der Waals surface area contributed by atoms with E-state index in [1.807, 2.05) is 0 Å². The van der Waals surface area contributed by atoms with Gasteiger partial charge in [-0.05, 0) is 27.2 Å². The van der Waals surface area contributed by atoms with Gasteiger partial charge < -0.3 is 15.0 Å². The number of thiazole rings is 1. The summed E-state index contributed by atoms with van der Waals surface area (Å²) in [6.45, 7) is 10.5. The molecular weight excluding hydrogens is 411 g/mol. The Hall–Kier alpha value is -0.410. The van der Waals surface area contributed by atoms with Crippen molar-refractivity contribution in [3.05, 3.63) is 15.6 Å². The van der Waals surface area contributed by atoms with Crippen LogP contribution in [0.25, 0.3) is 0 Å². The van der Waals surface area contributed by atoms with Gasteiger partial charge in [0.25, 0.3) is 0 Å². The third-order valence-corrected chi connectivity index (χ3v) is 4.75. The first-order valence-electron chi connectivity index (χ1n) is 7.60. The van der Waals surface area contributed by atoms with Gasteiger partial charge >= 0.3 is 0 Å². The summed E-state index contributed by atoms with van der Waals surface area (Å²) in [7, 11) is 2.10. The van der Waals surface area contributed by atoms with Gasteiger partial charge in [-0.15, -0.1) is 35.3 Å². The number of nitrogens with one attached hydrogen (secondary N) is 1. The summed E-state index contributed by atoms with van der Waals surface area (Å²) < 4.78 is 5.45. The second-order valence-corrected chi connectivity index (χ2v) is 6.82. The molecule has 7 heteroatoms. The lowest BCUT2D eigenvalue weighted by molar-refractivity contribution is 0.181. The van der Waals surface area contributed by atoms with E-state index in [9.17, 15) is 0 Å². The van der Waals surface area contributed by atoms with Crippen LogP contribution in [0.4, 0.5) is 0 Å². The van der Waals surface area contributed by atoms with E-state index in [2.05, 4.69) is 43.0 Å². The lowest BCUT2D eigenvalue weighted by atomic mass is 10.1. The smallest absolute Gasteiger partial charge is 0.194 e. The van der Waals surface area contributed by atoms with E-state index in [0.29, 0.717) is 12.5 Å². The molecule has 1 aromatic heterocycles. The quantitative estimate of drug-likeness (QED) is 0.437. The Kier molecular flexibility index (Phi) is 8.63. The Bertz CT molecular complexity index is 466. The Balaban J connectivity index is 0.00000242. The normalized spacial score (nSPS) is 18.2. The predicted octanol–water partition coefficient (Wildman–Crippen LogP) is 2.81. The lowest BCUT2D eigenvalue weighted by Gasteiger charge is -2.24. The van der Waals surface area contributed by atoms with Gasteiger partial charge in [0.2, 0.25) is 0 Å². The lowest BCUT2D eigenvalue weighted by Crippen LogP contribution is -2.41. The zero-order chi connectivity index (χ0) is 15.2. The van der Waals surface area contributed by atoms with E-state index >= 15 is 0 Å². The standard InChI is InChI=1S/C15H26N4OS.HI/c1-5-16-15(19(4)9-13-6-7-20-10-13)17-8-14-18-11(2)12(3)21-14;/h13H,5-10H2,1-4H3,(H,16,17);1H. The maximum atomic E-state index is 5.45. The summed E-state index contributed by atoms with van der Waals surface area (Å²) in [5, 5.41) is 4.44. The fraction of sp³-hybridized carbons (Fsp3) is 0.733. The first-order chi connectivity index (χ1) is 10.1. The van der Waals surface area contributed by atoms with E-state index in [0.717, 1.165) is 49.4 Å². The number of rotatable bonds is 5. The molecule has 126 valence electrons. The van der Waals surface area contributed by atoms with E-state index in [-0.39, 0.29) is 24.0 Å². The molecule has 5 nitrogen and oxygen atoms in total. The van der Waals surface area contributed by atoms with Crippen molar-refractivity contribution in [3.8, 4) is 0 Å². The summed E-state index contributed by atoms with van der Waals surface area (Å²) in [6.07, 6.45) is 1.15. The largest absolute Gasteiger partial charge is 0.381 e. The van der Waals surface area contributed by atoms with Gasteiger partial charge in [0.1, 0.15) is 5.01 Å². The molecule has 1 saturated heterocycles. The second-order valence-electron chi connectivity index (χ2n) is 5.53. The molecule has 22 heavy (non-hydrogen) atoms. The van der Waals surface area contributed by atoms with E-state index in [4.69, 9.17) is 9.73 Å². The summed E-state index contributed by atoms with van der Waals surface area (Å²) >= 11 is 1.73. The number of hydrogen-bond donors (Lipinski definition) is 1. The molecule has 1 unspecified atom stereocenters. The zero-order valence-corrected chi connectivity index (χ0v) is 17.0. The molecule has 0 saturated carbocycles. The molecule has 0 radical (unpaired) electrons. The molecule has 2 heterocycles. The fourth-order valence-electron chi connectivity index (χ4n) is 2.42. The number of ether oxygens (including phenoxy) is 1. The molecule has 2 rings (SSSR count). The van der Waals surface area contributed by atoms with Crippen molar-refractivity contribution in [3.63, 3.8) is 0 Å². The van der Waals surface area contributed by atoms with Gasteiger partial charge in [-0.1, -0.05) is 0 Å². The first kappa shape index (κ1) is 19.6. The average molecular weight is 438 g/mol. The highest BCUT2D eigenvalue weighted by molar-refractivity contribution is 14.0. The van der Waals surface area contributed by atoms with Crippen LogP contribution >= 0.6 is 35.3 Å². The number of halogens is 1. The van der Waals surface area contributed by atoms with E-state index < -0.39 is 0 Å². The van der Waals surface area contributed by atoms with Crippen LogP contribution in [-0.2, 0) is 11.3 Å². The van der Waals surface area contributed by atoms with Gasteiger partial charge in [-0.3, -0.25) is 0 Å². The Morgan fingerprint density at radius 1 is 1.50 bits per heavy atom. The summed E-state index contributed by atoms with van der Waals surface area (Å²) in [6, 6.07) is 0. The van der Waals surface area contributed by atoms with Crippen LogP contribution < -0.4 is 5.32 Å². The highest BCUT2D eigenvalue weighted by atomic mass is 127. The molecule has 1 aromatic rings. The van der Waals surface area contributed by atoms with E-state index in [1.54, 1.807) is 11.3 Å². The minimum Gasteiger partial charge on any atom is -0.381 e. The number of hydrogen-bond acceptors (Lipinski definition) is 4. The van der Waals surface area contributed by atoms with Gasteiger partial charge in [0.15, 0.2) is 5.96 Å². The second kappa shape index (κ2) is 9.67. The molecular formula is C15H27IN4OS. The van der Waals surface area contributed by atoms with Crippen LogP contribution in [0.15, 0.2) is 4.99 Å². The topological polar surface area (TPSA) is 49.8 Å². The van der Waals surface area contributed by atoms with Crippen molar-refractivity contribution in [2.45, 2.75) is 33.7 Å². The third kappa shape index (κ3) is 5.66. The van der Waals surface area contributed by atoms with Crippen LogP contribution in [0.3, 0.4) is 0 Å². The number of aryl methyl sites for hydroxylation is 2. The summed E-state index contributed by atoms with van der Waals surface area (Å²) in [5.41, 5.74) is 1.12. The zero-order valence-electron chi connectivity index (χ0n) is 13.9. The average Bonchev–Trinajstić information content (AvgIpc) is 3.05. The van der Waals surface area contributed by atoms with E-state index in [1.165, 1.54) is 4.88 Å². The fourth-order valence-corrected chi connectivity index (χ4v) is 3.28. The summed E-state index contributed by atoms with van der Waals surface area (Å²) in [5.74, 6) is 1.57. The monoisotopic (exact) mass is 438 g/mol. The molecule has 1 aliphatic heterocycles. The molecule has 0 amide bonds. The number of aromatic nitrogens is 1. The van der Waals surface area contributed by atoms with Crippen molar-refractivity contribution in [2.75, 3.05) is 33.4 Å². The van der Waals surface area contributed by atoms with Crippen LogP contribution in [0, 0.1) is 19.8 Å². The van der Waals surface area contributed by atoms with Crippen LogP contribution in [-0.4, -0.2) is 49.2 Å². The van der Waals surface area contributed by atoms with Crippen molar-refractivity contribution >= 4 is 41.3 Å². The molecule has 0 aliphatic carbocycles. The third-order valence-electron chi connectivity index (χ3n) is 3.69. The number of nitrogens with zero attached hydrogens (tertiary/aromatic N) is 3. The predicted molar refractivity (Wildman–Crippen MR) is 103 cm³/mol.